The standard InChI is InChI=1S/C16H11N3O3/c17-8-9-1-2-11-12(7-9)22-16(21)14(15(18)20)13(11)10-3-5-19-6-4-10/h1-7,13,21H,(H2,18,20)/t13-/m1/s1. The summed E-state index contributed by atoms with van der Waals surface area (Å²) in [5, 5.41) is 19.0. The van der Waals surface area contributed by atoms with E-state index in [1.807, 2.05) is 6.07 Å². The number of aliphatic hydroxyl groups excluding tert-OH is 1. The maximum atomic E-state index is 11.7. The molecule has 1 amide bonds. The number of aliphatic hydroxyl groups is 1. The van der Waals surface area contributed by atoms with Crippen molar-refractivity contribution >= 4 is 5.91 Å². The molecular weight excluding hydrogens is 282 g/mol. The van der Waals surface area contributed by atoms with Crippen LogP contribution in [-0.2, 0) is 4.79 Å². The van der Waals surface area contributed by atoms with Crippen LogP contribution in [-0.4, -0.2) is 16.0 Å². The van der Waals surface area contributed by atoms with Crippen LogP contribution in [0.15, 0.2) is 54.2 Å². The van der Waals surface area contributed by atoms with E-state index in [0.717, 1.165) is 5.56 Å². The van der Waals surface area contributed by atoms with Crippen molar-refractivity contribution in [3.63, 3.8) is 0 Å². The summed E-state index contributed by atoms with van der Waals surface area (Å²) in [7, 11) is 0. The molecule has 0 saturated carbocycles. The predicted octanol–water partition coefficient (Wildman–Crippen LogP) is 1.73. The van der Waals surface area contributed by atoms with Gasteiger partial charge in [-0.05, 0) is 29.8 Å². The lowest BCUT2D eigenvalue weighted by atomic mass is 9.83. The van der Waals surface area contributed by atoms with Crippen LogP contribution in [0, 0.1) is 11.3 Å². The minimum Gasteiger partial charge on any atom is -0.480 e. The highest BCUT2D eigenvalue weighted by molar-refractivity contribution is 5.95. The maximum absolute atomic E-state index is 11.7. The van der Waals surface area contributed by atoms with E-state index in [0.29, 0.717) is 16.9 Å². The van der Waals surface area contributed by atoms with E-state index in [-0.39, 0.29) is 5.57 Å². The zero-order chi connectivity index (χ0) is 15.7. The molecule has 0 bridgehead atoms. The Kier molecular flexibility index (Phi) is 3.24. The highest BCUT2D eigenvalue weighted by Crippen LogP contribution is 2.42. The Labute approximate surface area is 126 Å². The average molecular weight is 293 g/mol. The van der Waals surface area contributed by atoms with Gasteiger partial charge in [-0.25, -0.2) is 0 Å². The second kappa shape index (κ2) is 5.22. The molecule has 0 saturated heterocycles. The van der Waals surface area contributed by atoms with Crippen LogP contribution in [0.5, 0.6) is 5.75 Å². The first-order chi connectivity index (χ1) is 10.6. The summed E-state index contributed by atoms with van der Waals surface area (Å²) in [4.78, 5) is 15.7. The number of ether oxygens (including phenoxy) is 1. The molecule has 1 atom stereocenters. The predicted molar refractivity (Wildman–Crippen MR) is 76.7 cm³/mol. The molecule has 1 aromatic carbocycles. The van der Waals surface area contributed by atoms with Gasteiger partial charge in [0.05, 0.1) is 17.6 Å². The van der Waals surface area contributed by atoms with Crippen LogP contribution in [0.25, 0.3) is 0 Å². The molecule has 0 spiro atoms. The summed E-state index contributed by atoms with van der Waals surface area (Å²) >= 11 is 0. The van der Waals surface area contributed by atoms with Gasteiger partial charge in [-0.2, -0.15) is 5.26 Å². The smallest absolute Gasteiger partial charge is 0.292 e. The van der Waals surface area contributed by atoms with Gasteiger partial charge in [-0.3, -0.25) is 9.78 Å². The summed E-state index contributed by atoms with van der Waals surface area (Å²) in [5.41, 5.74) is 7.15. The molecule has 1 aromatic heterocycles. The van der Waals surface area contributed by atoms with Gasteiger partial charge in [-0.15, -0.1) is 0 Å². The zero-order valence-electron chi connectivity index (χ0n) is 11.4. The number of nitriles is 1. The Hall–Kier alpha value is -3.33. The molecule has 6 heteroatoms. The molecule has 3 rings (SSSR count). The number of hydrogen-bond acceptors (Lipinski definition) is 5. The van der Waals surface area contributed by atoms with Gasteiger partial charge in [0.25, 0.3) is 11.9 Å². The fourth-order valence-corrected chi connectivity index (χ4v) is 2.52. The van der Waals surface area contributed by atoms with Crippen LogP contribution in [0.1, 0.15) is 22.6 Å². The normalized spacial score (nSPS) is 16.4. The molecule has 3 N–H and O–H groups in total. The third kappa shape index (κ3) is 2.15. The Morgan fingerprint density at radius 2 is 2.05 bits per heavy atom. The van der Waals surface area contributed by atoms with Gasteiger partial charge < -0.3 is 15.6 Å². The van der Waals surface area contributed by atoms with Crippen molar-refractivity contribution in [2.75, 3.05) is 0 Å². The number of benzene rings is 1. The number of nitrogens with two attached hydrogens (primary N) is 1. The van der Waals surface area contributed by atoms with Crippen molar-refractivity contribution in [2.24, 2.45) is 5.73 Å². The molecule has 22 heavy (non-hydrogen) atoms. The van der Waals surface area contributed by atoms with Gasteiger partial charge in [0, 0.05) is 18.0 Å². The van der Waals surface area contributed by atoms with Crippen molar-refractivity contribution < 1.29 is 14.6 Å². The Morgan fingerprint density at radius 1 is 1.32 bits per heavy atom. The van der Waals surface area contributed by atoms with Crippen molar-refractivity contribution in [2.45, 2.75) is 5.92 Å². The van der Waals surface area contributed by atoms with E-state index in [2.05, 4.69) is 4.98 Å². The van der Waals surface area contributed by atoms with Gasteiger partial charge in [0.2, 0.25) is 0 Å². The van der Waals surface area contributed by atoms with Gasteiger partial charge in [-0.1, -0.05) is 6.07 Å². The number of hydrogen-bond donors (Lipinski definition) is 2. The molecule has 0 fully saturated rings. The quantitative estimate of drug-likeness (QED) is 0.876. The molecule has 2 heterocycles. The molecule has 0 radical (unpaired) electrons. The fourth-order valence-electron chi connectivity index (χ4n) is 2.52. The summed E-state index contributed by atoms with van der Waals surface area (Å²) in [6.45, 7) is 0. The van der Waals surface area contributed by atoms with Gasteiger partial charge >= 0.3 is 0 Å². The number of pyridine rings is 1. The van der Waals surface area contributed by atoms with Crippen LogP contribution >= 0.6 is 0 Å². The molecule has 6 nitrogen and oxygen atoms in total. The Balaban J connectivity index is 2.24. The first-order valence-electron chi connectivity index (χ1n) is 6.46. The molecule has 1 aliphatic heterocycles. The van der Waals surface area contributed by atoms with Crippen molar-refractivity contribution in [1.29, 1.82) is 5.26 Å². The number of amides is 1. The SMILES string of the molecule is N#Cc1ccc2c(c1)OC(O)=C(C(N)=O)[C@@H]2c1ccncc1. The van der Waals surface area contributed by atoms with E-state index < -0.39 is 17.8 Å². The Bertz CT molecular complexity index is 822. The van der Waals surface area contributed by atoms with E-state index in [9.17, 15) is 9.90 Å². The largest absolute Gasteiger partial charge is 0.480 e. The molecule has 0 aliphatic carbocycles. The fraction of sp³-hybridized carbons (Fsp3) is 0.0625. The lowest BCUT2D eigenvalue weighted by Gasteiger charge is -2.27. The third-order valence-electron chi connectivity index (χ3n) is 3.48. The first kappa shape index (κ1) is 13.6. The van der Waals surface area contributed by atoms with E-state index in [4.69, 9.17) is 15.7 Å². The summed E-state index contributed by atoms with van der Waals surface area (Å²) in [6.07, 6.45) is 3.17. The molecule has 2 aromatic rings. The number of primary amides is 1. The summed E-state index contributed by atoms with van der Waals surface area (Å²) in [6, 6.07) is 10.3. The lowest BCUT2D eigenvalue weighted by molar-refractivity contribution is -0.115. The number of aromatic nitrogens is 1. The third-order valence-corrected chi connectivity index (χ3v) is 3.48. The summed E-state index contributed by atoms with van der Waals surface area (Å²) < 4.78 is 5.27. The zero-order valence-corrected chi connectivity index (χ0v) is 11.4. The van der Waals surface area contributed by atoms with Gasteiger partial charge in [0.1, 0.15) is 11.3 Å². The molecule has 0 unspecified atom stereocenters. The lowest BCUT2D eigenvalue weighted by Crippen LogP contribution is -2.27. The van der Waals surface area contributed by atoms with Crippen molar-refractivity contribution in [1.82, 2.24) is 4.98 Å². The topological polar surface area (TPSA) is 109 Å². The molecule has 1 aliphatic rings. The maximum Gasteiger partial charge on any atom is 0.292 e. The highest BCUT2D eigenvalue weighted by atomic mass is 16.6. The first-order valence-corrected chi connectivity index (χ1v) is 6.46. The number of fused-ring (bicyclic) bond motifs is 1. The Morgan fingerprint density at radius 3 is 2.68 bits per heavy atom. The van der Waals surface area contributed by atoms with Crippen LogP contribution in [0.2, 0.25) is 0 Å². The minimum absolute atomic E-state index is 0.0246. The molecule has 108 valence electrons. The van der Waals surface area contributed by atoms with Gasteiger partial charge in [0.15, 0.2) is 0 Å². The van der Waals surface area contributed by atoms with E-state index in [1.165, 1.54) is 6.07 Å². The highest BCUT2D eigenvalue weighted by Gasteiger charge is 2.34. The summed E-state index contributed by atoms with van der Waals surface area (Å²) in [5.74, 6) is -1.56. The van der Waals surface area contributed by atoms with Crippen LogP contribution in [0.4, 0.5) is 0 Å². The number of carbonyl (C=O) groups excluding carboxylic acids is 1. The van der Waals surface area contributed by atoms with Crippen molar-refractivity contribution in [3.8, 4) is 11.8 Å². The monoisotopic (exact) mass is 293 g/mol. The number of rotatable bonds is 2. The molecular formula is C16H11N3O3. The number of carbonyl (C=O) groups is 1. The second-order valence-corrected chi connectivity index (χ2v) is 4.76. The van der Waals surface area contributed by atoms with Crippen LogP contribution in [0.3, 0.4) is 0 Å². The van der Waals surface area contributed by atoms with E-state index >= 15 is 0 Å². The van der Waals surface area contributed by atoms with E-state index in [1.54, 1.807) is 36.7 Å². The van der Waals surface area contributed by atoms with Crippen LogP contribution < -0.4 is 10.5 Å². The van der Waals surface area contributed by atoms with Crippen molar-refractivity contribution in [3.05, 3.63) is 70.9 Å². The minimum atomic E-state index is -0.769. The average Bonchev–Trinajstić information content (AvgIpc) is 2.53. The number of nitrogens with zero attached hydrogens (tertiary/aromatic N) is 2. The second-order valence-electron chi connectivity index (χ2n) is 4.76.